The van der Waals surface area contributed by atoms with Gasteiger partial charge in [-0.15, -0.1) is 6.58 Å². The summed E-state index contributed by atoms with van der Waals surface area (Å²) in [5.74, 6) is -1.85. The molecule has 40 heavy (non-hydrogen) atoms. The number of amides is 2. The Morgan fingerprint density at radius 1 is 1.15 bits per heavy atom. The molecule has 1 saturated heterocycles. The molecule has 9 heteroatoms. The van der Waals surface area contributed by atoms with E-state index in [-0.39, 0.29) is 36.4 Å². The number of ketones is 1. The molecule has 1 aliphatic rings. The second-order valence-corrected chi connectivity index (χ2v) is 10.6. The molecule has 3 rings (SSSR count). The number of hydrazine groups is 1. The van der Waals surface area contributed by atoms with Crippen molar-refractivity contribution in [2.24, 2.45) is 11.8 Å². The maximum absolute atomic E-state index is 13.1. The molecule has 0 aliphatic carbocycles. The first-order chi connectivity index (χ1) is 19.0. The van der Waals surface area contributed by atoms with Crippen LogP contribution in [0.5, 0.6) is 0 Å². The zero-order valence-corrected chi connectivity index (χ0v) is 23.8. The van der Waals surface area contributed by atoms with Gasteiger partial charge in [-0.3, -0.25) is 29.2 Å². The molecule has 1 aromatic carbocycles. The van der Waals surface area contributed by atoms with E-state index in [1.807, 2.05) is 45.0 Å². The molecule has 2 N–H and O–H groups in total. The number of nitrogens with zero attached hydrogens (tertiary/aromatic N) is 2. The van der Waals surface area contributed by atoms with E-state index in [0.29, 0.717) is 19.4 Å². The molecular weight excluding hydrogens is 508 g/mol. The Hall–Kier alpha value is -3.85. The van der Waals surface area contributed by atoms with Crippen molar-refractivity contribution in [2.45, 2.75) is 71.6 Å². The largest absolute Gasteiger partial charge is 0.457 e. The summed E-state index contributed by atoms with van der Waals surface area (Å²) in [6.45, 7) is 14.9. The highest BCUT2D eigenvalue weighted by atomic mass is 16.5. The molecule has 9 nitrogen and oxygen atoms in total. The number of hydrogen-bond donors (Lipinski definition) is 2. The summed E-state index contributed by atoms with van der Waals surface area (Å²) in [5.41, 5.74) is 4.59. The molecule has 0 spiro atoms. The monoisotopic (exact) mass is 548 g/mol. The molecule has 1 aromatic heterocycles. The fourth-order valence-corrected chi connectivity index (χ4v) is 4.72. The van der Waals surface area contributed by atoms with Gasteiger partial charge in [0.2, 0.25) is 5.91 Å². The second kappa shape index (κ2) is 14.0. The van der Waals surface area contributed by atoms with E-state index < -0.39 is 30.1 Å². The van der Waals surface area contributed by atoms with E-state index in [9.17, 15) is 19.2 Å². The van der Waals surface area contributed by atoms with Gasteiger partial charge in [0, 0.05) is 36.9 Å². The number of carbonyl (C=O) groups excluding carboxylic acids is 4. The van der Waals surface area contributed by atoms with Crippen LogP contribution in [-0.4, -0.2) is 52.2 Å². The quantitative estimate of drug-likeness (QED) is 0.300. The number of fused-ring (bicyclic) bond motifs is 1. The van der Waals surface area contributed by atoms with Crippen LogP contribution in [0.1, 0.15) is 70.7 Å². The highest BCUT2D eigenvalue weighted by molar-refractivity contribution is 5.91. The molecule has 2 heterocycles. The molecule has 214 valence electrons. The smallest absolute Gasteiger partial charge is 0.325 e. The Morgan fingerprint density at radius 3 is 2.58 bits per heavy atom. The predicted octanol–water partition coefficient (Wildman–Crippen LogP) is 4.29. The number of benzene rings is 1. The molecule has 0 unspecified atom stereocenters. The number of ether oxygens (including phenoxy) is 1. The molecule has 1 aliphatic heterocycles. The lowest BCUT2D eigenvalue weighted by Crippen LogP contribution is -2.59. The van der Waals surface area contributed by atoms with E-state index in [2.05, 4.69) is 28.9 Å². The molecular formula is C31H40N4O5. The van der Waals surface area contributed by atoms with Gasteiger partial charge < -0.3 is 10.1 Å². The van der Waals surface area contributed by atoms with E-state index in [0.717, 1.165) is 22.0 Å². The van der Waals surface area contributed by atoms with Crippen molar-refractivity contribution in [3.8, 4) is 0 Å². The number of pyridine rings is 1. The minimum Gasteiger partial charge on any atom is -0.457 e. The van der Waals surface area contributed by atoms with Gasteiger partial charge in [-0.25, -0.2) is 5.43 Å². The Bertz CT molecular complexity index is 1270. The van der Waals surface area contributed by atoms with Crippen LogP contribution in [0.2, 0.25) is 0 Å². The van der Waals surface area contributed by atoms with Crippen LogP contribution in [0.15, 0.2) is 49.7 Å². The second-order valence-electron chi connectivity index (χ2n) is 10.6. The van der Waals surface area contributed by atoms with Gasteiger partial charge in [0.25, 0.3) is 5.91 Å². The summed E-state index contributed by atoms with van der Waals surface area (Å²) in [4.78, 5) is 55.5. The van der Waals surface area contributed by atoms with Crippen molar-refractivity contribution in [2.75, 3.05) is 6.54 Å². The Labute approximate surface area is 236 Å². The standard InChI is InChI=1S/C31H40N4O5/c1-7-10-26(36)17-27(19(3)4)29(37)33-20(5)30(38)35-14-9-11-28(34-35)31(39)40-21(6)22-12-13-23-18-32-25(8-2)16-24(23)15-22/h7-8,12-13,15-16,18-21,27-28,34H,1-2,9-11,14,17H2,3-6H3,(H,33,37)/t20-,21+,27-,28-/m0/s1. The highest BCUT2D eigenvalue weighted by Crippen LogP contribution is 2.24. The SMILES string of the molecule is C=CCC(=O)C[C@H](C(=O)N[C@@H](C)C(=O)N1CCC[C@@H](C(=O)O[C@H](C)c2ccc3cnc(C=C)cc3c2)N1)C(C)C. The highest BCUT2D eigenvalue weighted by Gasteiger charge is 2.33. The van der Waals surface area contributed by atoms with Crippen LogP contribution in [0.25, 0.3) is 16.8 Å². The van der Waals surface area contributed by atoms with Crippen molar-refractivity contribution in [3.05, 3.63) is 61.0 Å². The van der Waals surface area contributed by atoms with Crippen LogP contribution in [-0.2, 0) is 23.9 Å². The number of hydrogen-bond acceptors (Lipinski definition) is 7. The van der Waals surface area contributed by atoms with Crippen LogP contribution in [0, 0.1) is 11.8 Å². The van der Waals surface area contributed by atoms with Gasteiger partial charge >= 0.3 is 5.97 Å². The lowest BCUT2D eigenvalue weighted by molar-refractivity contribution is -0.157. The lowest BCUT2D eigenvalue weighted by Gasteiger charge is -2.35. The number of carbonyl (C=O) groups is 4. The molecule has 0 bridgehead atoms. The van der Waals surface area contributed by atoms with Gasteiger partial charge in [-0.2, -0.15) is 0 Å². The minimum atomic E-state index is -0.836. The van der Waals surface area contributed by atoms with Crippen molar-refractivity contribution in [1.82, 2.24) is 20.7 Å². The Kier molecular flexibility index (Phi) is 10.7. The average molecular weight is 549 g/mol. The zero-order chi connectivity index (χ0) is 29.4. The third-order valence-electron chi connectivity index (χ3n) is 7.17. The van der Waals surface area contributed by atoms with Crippen molar-refractivity contribution in [1.29, 1.82) is 0 Å². The molecule has 4 atom stereocenters. The Balaban J connectivity index is 1.59. The third kappa shape index (κ3) is 7.85. The molecule has 1 fully saturated rings. The first-order valence-electron chi connectivity index (χ1n) is 13.8. The number of nitrogens with one attached hydrogen (secondary N) is 2. The minimum absolute atomic E-state index is 0.0710. The zero-order valence-electron chi connectivity index (χ0n) is 23.8. The summed E-state index contributed by atoms with van der Waals surface area (Å²) in [7, 11) is 0. The van der Waals surface area contributed by atoms with Crippen molar-refractivity contribution in [3.63, 3.8) is 0 Å². The van der Waals surface area contributed by atoms with Crippen LogP contribution >= 0.6 is 0 Å². The lowest BCUT2D eigenvalue weighted by atomic mass is 9.89. The summed E-state index contributed by atoms with van der Waals surface area (Å²) >= 11 is 0. The maximum atomic E-state index is 13.1. The Morgan fingerprint density at radius 2 is 1.90 bits per heavy atom. The number of rotatable bonds is 12. The van der Waals surface area contributed by atoms with Gasteiger partial charge in [-0.1, -0.05) is 38.6 Å². The summed E-state index contributed by atoms with van der Waals surface area (Å²) in [5, 5.41) is 6.07. The molecule has 0 saturated carbocycles. The van der Waals surface area contributed by atoms with Gasteiger partial charge in [0.05, 0.1) is 5.69 Å². The normalized spacial score (nSPS) is 17.5. The first kappa shape index (κ1) is 30.7. The topological polar surface area (TPSA) is 118 Å². The van der Waals surface area contributed by atoms with Gasteiger partial charge in [0.15, 0.2) is 0 Å². The van der Waals surface area contributed by atoms with E-state index in [1.54, 1.807) is 19.2 Å². The first-order valence-corrected chi connectivity index (χ1v) is 13.8. The van der Waals surface area contributed by atoms with Crippen LogP contribution < -0.4 is 10.7 Å². The number of allylic oxidation sites excluding steroid dienone is 1. The molecule has 2 aromatic rings. The van der Waals surface area contributed by atoms with E-state index in [4.69, 9.17) is 4.74 Å². The molecule has 2 amide bonds. The van der Waals surface area contributed by atoms with Crippen molar-refractivity contribution < 1.29 is 23.9 Å². The fraction of sp³-hybridized carbons (Fsp3) is 0.452. The van der Waals surface area contributed by atoms with Gasteiger partial charge in [-0.05, 0) is 61.8 Å². The predicted molar refractivity (Wildman–Crippen MR) is 155 cm³/mol. The van der Waals surface area contributed by atoms with E-state index in [1.165, 1.54) is 11.1 Å². The average Bonchev–Trinajstić information content (AvgIpc) is 2.94. The number of esters is 1. The summed E-state index contributed by atoms with van der Waals surface area (Å²) < 4.78 is 5.77. The number of aromatic nitrogens is 1. The maximum Gasteiger partial charge on any atom is 0.325 e. The van der Waals surface area contributed by atoms with Crippen LogP contribution in [0.4, 0.5) is 0 Å². The van der Waals surface area contributed by atoms with Gasteiger partial charge in [0.1, 0.15) is 24.0 Å². The fourth-order valence-electron chi connectivity index (χ4n) is 4.72. The van der Waals surface area contributed by atoms with Crippen LogP contribution in [0.3, 0.4) is 0 Å². The summed E-state index contributed by atoms with van der Waals surface area (Å²) in [6.07, 6.45) is 5.89. The van der Waals surface area contributed by atoms with Crippen molar-refractivity contribution >= 4 is 40.4 Å². The summed E-state index contributed by atoms with van der Waals surface area (Å²) in [6, 6.07) is 6.19. The third-order valence-corrected chi connectivity index (χ3v) is 7.17. The number of Topliss-reactive ketones (excluding diaryl/α,β-unsaturated/α-hetero) is 1. The molecule has 0 radical (unpaired) electrons. The van der Waals surface area contributed by atoms with E-state index >= 15 is 0 Å².